The molecule has 1 saturated heterocycles. The van der Waals surface area contributed by atoms with Gasteiger partial charge in [-0.1, -0.05) is 0 Å². The third-order valence-corrected chi connectivity index (χ3v) is 3.21. The summed E-state index contributed by atoms with van der Waals surface area (Å²) in [7, 11) is 6.49. The van der Waals surface area contributed by atoms with Crippen LogP contribution in [-0.2, 0) is 28.4 Å². The SMILES string of the molecule is COC[C@H]1OC(OC(C)(C)C)[C@H](OC)[C@@H](OC)[C@@H]1OC. The Balaban J connectivity index is 2.94. The molecule has 0 aromatic carbocycles. The first kappa shape index (κ1) is 17.8. The summed E-state index contributed by atoms with van der Waals surface area (Å²) < 4.78 is 33.7. The van der Waals surface area contributed by atoms with E-state index in [1.807, 2.05) is 20.8 Å². The molecular weight excluding hydrogens is 264 g/mol. The smallest absolute Gasteiger partial charge is 0.187 e. The normalized spacial score (nSPS) is 35.2. The predicted molar refractivity (Wildman–Crippen MR) is 73.8 cm³/mol. The van der Waals surface area contributed by atoms with Gasteiger partial charge in [-0.05, 0) is 20.8 Å². The topological polar surface area (TPSA) is 55.4 Å². The van der Waals surface area contributed by atoms with Gasteiger partial charge in [0.25, 0.3) is 0 Å². The zero-order valence-electron chi connectivity index (χ0n) is 13.5. The van der Waals surface area contributed by atoms with E-state index < -0.39 is 6.29 Å². The molecule has 0 amide bonds. The van der Waals surface area contributed by atoms with E-state index in [0.29, 0.717) is 6.61 Å². The Morgan fingerprint density at radius 1 is 0.850 bits per heavy atom. The van der Waals surface area contributed by atoms with Gasteiger partial charge in [0.2, 0.25) is 0 Å². The monoisotopic (exact) mass is 292 g/mol. The molecule has 0 radical (unpaired) electrons. The number of rotatable bonds is 6. The molecule has 1 unspecified atom stereocenters. The Hall–Kier alpha value is -0.240. The zero-order valence-corrected chi connectivity index (χ0v) is 13.5. The minimum atomic E-state index is -0.531. The second-order valence-corrected chi connectivity index (χ2v) is 5.83. The molecule has 1 heterocycles. The second-order valence-electron chi connectivity index (χ2n) is 5.83. The lowest BCUT2D eigenvalue weighted by molar-refractivity contribution is -0.331. The van der Waals surface area contributed by atoms with Crippen LogP contribution < -0.4 is 0 Å². The minimum Gasteiger partial charge on any atom is -0.382 e. The van der Waals surface area contributed by atoms with E-state index in [1.54, 1.807) is 28.4 Å². The van der Waals surface area contributed by atoms with E-state index in [0.717, 1.165) is 0 Å². The molecule has 5 atom stereocenters. The van der Waals surface area contributed by atoms with Crippen LogP contribution in [-0.4, -0.2) is 71.4 Å². The van der Waals surface area contributed by atoms with E-state index in [1.165, 1.54) is 0 Å². The summed E-state index contributed by atoms with van der Waals surface area (Å²) in [5.41, 5.74) is -0.350. The number of methoxy groups -OCH3 is 4. The Labute approximate surface area is 121 Å². The maximum atomic E-state index is 5.96. The molecule has 6 nitrogen and oxygen atoms in total. The highest BCUT2D eigenvalue weighted by Crippen LogP contribution is 2.30. The molecule has 0 spiro atoms. The molecule has 0 aliphatic carbocycles. The van der Waals surface area contributed by atoms with Crippen LogP contribution in [0.3, 0.4) is 0 Å². The molecule has 0 saturated carbocycles. The van der Waals surface area contributed by atoms with Gasteiger partial charge < -0.3 is 28.4 Å². The highest BCUT2D eigenvalue weighted by molar-refractivity contribution is 4.92. The van der Waals surface area contributed by atoms with Crippen molar-refractivity contribution in [3.05, 3.63) is 0 Å². The minimum absolute atomic E-state index is 0.270. The maximum Gasteiger partial charge on any atom is 0.187 e. The molecule has 0 bridgehead atoms. The zero-order chi connectivity index (χ0) is 15.3. The van der Waals surface area contributed by atoms with Crippen LogP contribution >= 0.6 is 0 Å². The van der Waals surface area contributed by atoms with E-state index >= 15 is 0 Å². The lowest BCUT2D eigenvalue weighted by Crippen LogP contribution is -2.62. The molecule has 1 fully saturated rings. The maximum absolute atomic E-state index is 5.96. The molecule has 20 heavy (non-hydrogen) atoms. The Bertz CT molecular complexity index is 277. The molecule has 1 rings (SSSR count). The fourth-order valence-corrected chi connectivity index (χ4v) is 2.42. The summed E-state index contributed by atoms with van der Waals surface area (Å²) in [6, 6.07) is 0. The summed E-state index contributed by atoms with van der Waals surface area (Å²) in [6.45, 7) is 6.31. The third-order valence-electron chi connectivity index (χ3n) is 3.21. The largest absolute Gasteiger partial charge is 0.382 e. The summed E-state index contributed by atoms with van der Waals surface area (Å²) >= 11 is 0. The van der Waals surface area contributed by atoms with Crippen LogP contribution in [0.5, 0.6) is 0 Å². The van der Waals surface area contributed by atoms with E-state index in [9.17, 15) is 0 Å². The van der Waals surface area contributed by atoms with Gasteiger partial charge in [0, 0.05) is 28.4 Å². The average molecular weight is 292 g/mol. The second kappa shape index (κ2) is 7.68. The van der Waals surface area contributed by atoms with Gasteiger partial charge in [0.1, 0.15) is 24.4 Å². The standard InChI is InChI=1S/C14H28O6/c1-14(2,3)20-13-12(18-7)11(17-6)10(16-5)9(19-13)8-15-4/h9-13H,8H2,1-7H3/t9-,10-,11+,12-,13?/m1/s1. The van der Waals surface area contributed by atoms with Crippen molar-refractivity contribution < 1.29 is 28.4 Å². The molecule has 0 aromatic rings. The van der Waals surface area contributed by atoms with Gasteiger partial charge in [-0.15, -0.1) is 0 Å². The van der Waals surface area contributed by atoms with E-state index in [-0.39, 0.29) is 30.0 Å². The number of ether oxygens (including phenoxy) is 6. The van der Waals surface area contributed by atoms with Crippen molar-refractivity contribution in [1.29, 1.82) is 0 Å². The third kappa shape index (κ3) is 4.38. The Morgan fingerprint density at radius 2 is 1.40 bits per heavy atom. The predicted octanol–water partition coefficient (Wildman–Crippen LogP) is 1.22. The van der Waals surface area contributed by atoms with Crippen molar-refractivity contribution in [3.63, 3.8) is 0 Å². The first-order chi connectivity index (χ1) is 9.37. The van der Waals surface area contributed by atoms with E-state index in [2.05, 4.69) is 0 Å². The molecule has 6 heteroatoms. The van der Waals surface area contributed by atoms with E-state index in [4.69, 9.17) is 28.4 Å². The van der Waals surface area contributed by atoms with Crippen LogP contribution in [0.4, 0.5) is 0 Å². The lowest BCUT2D eigenvalue weighted by atomic mass is 9.98. The number of hydrogen-bond donors (Lipinski definition) is 0. The van der Waals surface area contributed by atoms with Crippen molar-refractivity contribution in [2.75, 3.05) is 35.0 Å². The average Bonchev–Trinajstić information content (AvgIpc) is 2.36. The quantitative estimate of drug-likeness (QED) is 0.733. The summed E-state index contributed by atoms with van der Waals surface area (Å²) in [5.74, 6) is 0. The van der Waals surface area contributed by atoms with Crippen LogP contribution in [0.25, 0.3) is 0 Å². The Morgan fingerprint density at radius 3 is 1.80 bits per heavy atom. The molecule has 0 aromatic heterocycles. The fraction of sp³-hybridized carbons (Fsp3) is 1.00. The summed E-state index contributed by atoms with van der Waals surface area (Å²) in [4.78, 5) is 0. The summed E-state index contributed by atoms with van der Waals surface area (Å²) in [6.07, 6.45) is -1.72. The van der Waals surface area contributed by atoms with Crippen molar-refractivity contribution in [2.24, 2.45) is 0 Å². The highest BCUT2D eigenvalue weighted by atomic mass is 16.7. The van der Waals surface area contributed by atoms with Gasteiger partial charge in [-0.25, -0.2) is 0 Å². The highest BCUT2D eigenvalue weighted by Gasteiger charge is 2.48. The molecule has 0 N–H and O–H groups in total. The van der Waals surface area contributed by atoms with Crippen molar-refractivity contribution in [3.8, 4) is 0 Å². The van der Waals surface area contributed by atoms with Crippen LogP contribution in [0.15, 0.2) is 0 Å². The lowest BCUT2D eigenvalue weighted by Gasteiger charge is -2.46. The van der Waals surface area contributed by atoms with Crippen LogP contribution in [0, 0.1) is 0 Å². The number of hydrogen-bond acceptors (Lipinski definition) is 6. The molecular formula is C14H28O6. The first-order valence-corrected chi connectivity index (χ1v) is 6.78. The van der Waals surface area contributed by atoms with Crippen LogP contribution in [0.2, 0.25) is 0 Å². The van der Waals surface area contributed by atoms with Gasteiger partial charge >= 0.3 is 0 Å². The van der Waals surface area contributed by atoms with Crippen LogP contribution in [0.1, 0.15) is 20.8 Å². The first-order valence-electron chi connectivity index (χ1n) is 6.78. The summed E-state index contributed by atoms with van der Waals surface area (Å²) in [5, 5.41) is 0. The molecule has 1 aliphatic heterocycles. The van der Waals surface area contributed by atoms with Crippen molar-refractivity contribution in [1.82, 2.24) is 0 Å². The van der Waals surface area contributed by atoms with Gasteiger partial charge in [0.05, 0.1) is 12.2 Å². The Kier molecular flexibility index (Phi) is 6.84. The van der Waals surface area contributed by atoms with Gasteiger partial charge in [0.15, 0.2) is 6.29 Å². The molecule has 120 valence electrons. The van der Waals surface area contributed by atoms with Gasteiger partial charge in [-0.2, -0.15) is 0 Å². The van der Waals surface area contributed by atoms with Gasteiger partial charge in [-0.3, -0.25) is 0 Å². The fourth-order valence-electron chi connectivity index (χ4n) is 2.42. The van der Waals surface area contributed by atoms with Crippen molar-refractivity contribution in [2.45, 2.75) is 57.1 Å². The van der Waals surface area contributed by atoms with Crippen molar-refractivity contribution >= 4 is 0 Å². The molecule has 1 aliphatic rings.